The van der Waals surface area contributed by atoms with Crippen molar-refractivity contribution in [2.24, 2.45) is 0 Å². The molecule has 0 saturated carbocycles. The summed E-state index contributed by atoms with van der Waals surface area (Å²) in [6.07, 6.45) is 0.780. The zero-order valence-electron chi connectivity index (χ0n) is 6.65. The summed E-state index contributed by atoms with van der Waals surface area (Å²) in [5, 5.41) is 0. The van der Waals surface area contributed by atoms with E-state index >= 15 is 0 Å². The van der Waals surface area contributed by atoms with Crippen molar-refractivity contribution in [1.82, 2.24) is 0 Å². The molecule has 0 spiro atoms. The molecule has 0 aliphatic rings. The highest BCUT2D eigenvalue weighted by atomic mass is 79.9. The van der Waals surface area contributed by atoms with Crippen molar-refractivity contribution >= 4 is 15.9 Å². The Hall–Kier alpha value is -0.440. The van der Waals surface area contributed by atoms with Gasteiger partial charge in [-0.3, -0.25) is 0 Å². The number of benzene rings is 1. The first kappa shape index (κ1) is 9.65. The van der Waals surface area contributed by atoms with Crippen LogP contribution in [0.25, 0.3) is 0 Å². The highest BCUT2D eigenvalue weighted by molar-refractivity contribution is 9.09. The van der Waals surface area contributed by atoms with E-state index in [0.717, 1.165) is 12.5 Å². The smallest absolute Gasteiger partial charge is 0.130 e. The Kier molecular flexibility index (Phi) is 3.20. The first-order chi connectivity index (χ1) is 5.65. The summed E-state index contributed by atoms with van der Waals surface area (Å²) in [5.74, 6) is -1.02. The highest BCUT2D eigenvalue weighted by Crippen LogP contribution is 2.28. The Bertz CT molecular complexity index is 273. The molecule has 0 fully saturated rings. The summed E-state index contributed by atoms with van der Waals surface area (Å²) < 4.78 is 25.5. The lowest BCUT2D eigenvalue weighted by atomic mass is 10.1. The molecule has 3 heteroatoms. The van der Waals surface area contributed by atoms with Crippen molar-refractivity contribution in [3.8, 4) is 0 Å². The van der Waals surface area contributed by atoms with Gasteiger partial charge in [-0.25, -0.2) is 8.78 Å². The first-order valence-electron chi connectivity index (χ1n) is 3.74. The van der Waals surface area contributed by atoms with Crippen LogP contribution in [0.15, 0.2) is 18.2 Å². The van der Waals surface area contributed by atoms with E-state index in [1.54, 1.807) is 0 Å². The van der Waals surface area contributed by atoms with Crippen molar-refractivity contribution in [2.45, 2.75) is 18.2 Å². The molecule has 0 bridgehead atoms. The third-order valence-electron chi connectivity index (χ3n) is 1.66. The maximum absolute atomic E-state index is 13.0. The van der Waals surface area contributed by atoms with Crippen molar-refractivity contribution in [1.29, 1.82) is 0 Å². The largest absolute Gasteiger partial charge is 0.207 e. The molecule has 0 nitrogen and oxygen atoms in total. The van der Waals surface area contributed by atoms with Crippen LogP contribution in [-0.2, 0) is 0 Å². The second kappa shape index (κ2) is 3.99. The molecule has 0 radical (unpaired) electrons. The second-order valence-corrected chi connectivity index (χ2v) is 3.65. The minimum atomic E-state index is -0.535. The number of hydrogen-bond acceptors (Lipinski definition) is 0. The molecule has 0 aliphatic heterocycles. The monoisotopic (exact) mass is 234 g/mol. The minimum absolute atomic E-state index is 0.0295. The molecule has 1 aromatic carbocycles. The van der Waals surface area contributed by atoms with Crippen molar-refractivity contribution in [3.63, 3.8) is 0 Å². The molecule has 12 heavy (non-hydrogen) atoms. The minimum Gasteiger partial charge on any atom is -0.207 e. The zero-order chi connectivity index (χ0) is 9.14. The molecule has 66 valence electrons. The van der Waals surface area contributed by atoms with E-state index in [0.29, 0.717) is 5.56 Å². The fraction of sp³-hybridized carbons (Fsp3) is 0.333. The molecular weight excluding hydrogens is 226 g/mol. The van der Waals surface area contributed by atoms with Gasteiger partial charge in [-0.2, -0.15) is 0 Å². The molecule has 0 heterocycles. The van der Waals surface area contributed by atoms with E-state index in [4.69, 9.17) is 0 Å². The Morgan fingerprint density at radius 1 is 1.42 bits per heavy atom. The van der Waals surface area contributed by atoms with E-state index < -0.39 is 11.6 Å². The van der Waals surface area contributed by atoms with Crippen LogP contribution < -0.4 is 0 Å². The maximum Gasteiger partial charge on any atom is 0.130 e. The van der Waals surface area contributed by atoms with Crippen molar-refractivity contribution in [3.05, 3.63) is 35.4 Å². The van der Waals surface area contributed by atoms with Gasteiger partial charge in [0.15, 0.2) is 0 Å². The molecule has 1 atom stereocenters. The molecule has 1 unspecified atom stereocenters. The van der Waals surface area contributed by atoms with Gasteiger partial charge in [0.05, 0.1) is 0 Å². The molecular formula is C9H9BrF2. The van der Waals surface area contributed by atoms with Crippen LogP contribution in [0.5, 0.6) is 0 Å². The number of rotatable bonds is 2. The van der Waals surface area contributed by atoms with Gasteiger partial charge in [0.1, 0.15) is 11.6 Å². The SMILES string of the molecule is CCC(Br)c1ccc(F)cc1F. The van der Waals surface area contributed by atoms with E-state index in [1.807, 2.05) is 6.92 Å². The molecule has 0 saturated heterocycles. The lowest BCUT2D eigenvalue weighted by Crippen LogP contribution is -1.93. The Balaban J connectivity index is 3.01. The van der Waals surface area contributed by atoms with Gasteiger partial charge in [0, 0.05) is 16.5 Å². The van der Waals surface area contributed by atoms with E-state index in [-0.39, 0.29) is 4.83 Å². The number of halogens is 3. The predicted octanol–water partition coefficient (Wildman–Crippen LogP) is 3.81. The summed E-state index contributed by atoms with van der Waals surface area (Å²) in [5.41, 5.74) is 0.513. The van der Waals surface area contributed by atoms with E-state index in [1.165, 1.54) is 12.1 Å². The number of alkyl halides is 1. The van der Waals surface area contributed by atoms with Gasteiger partial charge in [-0.15, -0.1) is 0 Å². The van der Waals surface area contributed by atoms with Crippen LogP contribution >= 0.6 is 15.9 Å². The average molecular weight is 235 g/mol. The third-order valence-corrected chi connectivity index (χ3v) is 2.80. The van der Waals surface area contributed by atoms with Gasteiger partial charge in [0.25, 0.3) is 0 Å². The first-order valence-corrected chi connectivity index (χ1v) is 4.65. The fourth-order valence-corrected chi connectivity index (χ4v) is 1.35. The van der Waals surface area contributed by atoms with Crippen LogP contribution in [-0.4, -0.2) is 0 Å². The maximum atomic E-state index is 13.0. The van der Waals surface area contributed by atoms with Gasteiger partial charge in [-0.05, 0) is 12.5 Å². The standard InChI is InChI=1S/C9H9BrF2/c1-2-8(10)7-4-3-6(11)5-9(7)12/h3-5,8H,2H2,1H3. The molecule has 0 aromatic heterocycles. The summed E-state index contributed by atoms with van der Waals surface area (Å²) in [4.78, 5) is -0.0295. The lowest BCUT2D eigenvalue weighted by molar-refractivity contribution is 0.570. The van der Waals surface area contributed by atoms with Crippen LogP contribution in [0.2, 0.25) is 0 Å². The van der Waals surface area contributed by atoms with E-state index in [9.17, 15) is 8.78 Å². The van der Waals surface area contributed by atoms with Crippen LogP contribution in [0.4, 0.5) is 8.78 Å². The van der Waals surface area contributed by atoms with Gasteiger partial charge in [0.2, 0.25) is 0 Å². The van der Waals surface area contributed by atoms with Gasteiger partial charge >= 0.3 is 0 Å². The Morgan fingerprint density at radius 2 is 2.08 bits per heavy atom. The Morgan fingerprint density at radius 3 is 2.58 bits per heavy atom. The van der Waals surface area contributed by atoms with Crippen molar-refractivity contribution in [2.75, 3.05) is 0 Å². The molecule has 0 N–H and O–H groups in total. The Labute approximate surface area is 78.7 Å². The van der Waals surface area contributed by atoms with Gasteiger partial charge < -0.3 is 0 Å². The van der Waals surface area contributed by atoms with Crippen LogP contribution in [0.3, 0.4) is 0 Å². The van der Waals surface area contributed by atoms with Crippen LogP contribution in [0, 0.1) is 11.6 Å². The quantitative estimate of drug-likeness (QED) is 0.683. The molecule has 0 aliphatic carbocycles. The van der Waals surface area contributed by atoms with Gasteiger partial charge in [-0.1, -0.05) is 28.9 Å². The zero-order valence-corrected chi connectivity index (χ0v) is 8.24. The highest BCUT2D eigenvalue weighted by Gasteiger charge is 2.10. The molecule has 1 aromatic rings. The topological polar surface area (TPSA) is 0 Å². The molecule has 1 rings (SSSR count). The lowest BCUT2D eigenvalue weighted by Gasteiger charge is -2.07. The van der Waals surface area contributed by atoms with E-state index in [2.05, 4.69) is 15.9 Å². The molecule has 0 amide bonds. The normalized spacial score (nSPS) is 13.0. The number of hydrogen-bond donors (Lipinski definition) is 0. The summed E-state index contributed by atoms with van der Waals surface area (Å²) >= 11 is 3.30. The summed E-state index contributed by atoms with van der Waals surface area (Å²) in [6.45, 7) is 1.93. The second-order valence-electron chi connectivity index (χ2n) is 2.54. The average Bonchev–Trinajstić information content (AvgIpc) is 2.03. The van der Waals surface area contributed by atoms with Crippen molar-refractivity contribution < 1.29 is 8.78 Å². The predicted molar refractivity (Wildman–Crippen MR) is 48.3 cm³/mol. The summed E-state index contributed by atoms with van der Waals surface area (Å²) in [7, 11) is 0. The fourth-order valence-electron chi connectivity index (χ4n) is 0.975. The summed E-state index contributed by atoms with van der Waals surface area (Å²) in [6, 6.07) is 3.63. The van der Waals surface area contributed by atoms with Crippen LogP contribution in [0.1, 0.15) is 23.7 Å². The third kappa shape index (κ3) is 2.03.